The Labute approximate surface area is 113 Å². The van der Waals surface area contributed by atoms with E-state index in [1.165, 1.54) is 0 Å². The molecule has 0 aromatic carbocycles. The predicted octanol–water partition coefficient (Wildman–Crippen LogP) is 0.452. The lowest BCUT2D eigenvalue weighted by atomic mass is 9.93. The van der Waals surface area contributed by atoms with Crippen molar-refractivity contribution in [3.8, 4) is 0 Å². The largest absolute Gasteiger partial charge is 0.391 e. The summed E-state index contributed by atoms with van der Waals surface area (Å²) >= 11 is 0. The van der Waals surface area contributed by atoms with Gasteiger partial charge in [-0.2, -0.15) is 0 Å². The zero-order valence-corrected chi connectivity index (χ0v) is 11.6. The molecule has 0 radical (unpaired) electrons. The van der Waals surface area contributed by atoms with E-state index < -0.39 is 27.1 Å². The summed E-state index contributed by atoms with van der Waals surface area (Å²) < 4.78 is 24.1. The van der Waals surface area contributed by atoms with Crippen LogP contribution in [0.15, 0.2) is 24.4 Å². The van der Waals surface area contributed by atoms with Crippen LogP contribution < -0.4 is 5.73 Å². The normalized spacial score (nSPS) is 25.7. The summed E-state index contributed by atoms with van der Waals surface area (Å²) in [4.78, 5) is 4.18. The second-order valence-electron chi connectivity index (χ2n) is 4.99. The van der Waals surface area contributed by atoms with Crippen LogP contribution in [0.3, 0.4) is 0 Å². The van der Waals surface area contributed by atoms with Gasteiger partial charge in [0.25, 0.3) is 0 Å². The van der Waals surface area contributed by atoms with Crippen molar-refractivity contribution in [1.82, 2.24) is 4.98 Å². The third-order valence-electron chi connectivity index (χ3n) is 3.74. The van der Waals surface area contributed by atoms with Crippen LogP contribution in [-0.4, -0.2) is 42.2 Å². The van der Waals surface area contributed by atoms with Gasteiger partial charge in [-0.15, -0.1) is 0 Å². The van der Waals surface area contributed by atoms with Crippen LogP contribution in [-0.2, 0) is 9.84 Å². The maximum atomic E-state index is 12.1. The van der Waals surface area contributed by atoms with Crippen molar-refractivity contribution < 1.29 is 13.5 Å². The molecule has 1 aliphatic heterocycles. The SMILES string of the molecule is NCC(c1ccccn1)C(O)C1CCCCS1(=O)=O. The number of sulfone groups is 1. The van der Waals surface area contributed by atoms with E-state index in [-0.39, 0.29) is 12.3 Å². The molecule has 1 aliphatic rings. The molecule has 3 atom stereocenters. The van der Waals surface area contributed by atoms with Gasteiger partial charge in [0.1, 0.15) is 0 Å². The van der Waals surface area contributed by atoms with E-state index in [0.29, 0.717) is 18.5 Å². The molecule has 106 valence electrons. The summed E-state index contributed by atoms with van der Waals surface area (Å²) in [6.07, 6.45) is 2.67. The molecular weight excluding hydrogens is 264 g/mol. The highest BCUT2D eigenvalue weighted by Gasteiger charge is 2.38. The van der Waals surface area contributed by atoms with E-state index in [9.17, 15) is 13.5 Å². The fraction of sp³-hybridized carbons (Fsp3) is 0.615. The van der Waals surface area contributed by atoms with Crippen LogP contribution in [0.4, 0.5) is 0 Å². The summed E-state index contributed by atoms with van der Waals surface area (Å²) in [6.45, 7) is 0.185. The Morgan fingerprint density at radius 3 is 2.79 bits per heavy atom. The van der Waals surface area contributed by atoms with E-state index in [0.717, 1.165) is 6.42 Å². The topological polar surface area (TPSA) is 93.3 Å². The molecular formula is C13H20N2O3S. The number of aliphatic hydroxyl groups is 1. The molecule has 1 fully saturated rings. The van der Waals surface area contributed by atoms with Crippen molar-refractivity contribution >= 4 is 9.84 Å². The zero-order chi connectivity index (χ0) is 13.9. The summed E-state index contributed by atoms with van der Waals surface area (Å²) in [5.41, 5.74) is 6.36. The highest BCUT2D eigenvalue weighted by molar-refractivity contribution is 7.92. The molecule has 0 amide bonds. The average molecular weight is 284 g/mol. The molecule has 1 aromatic heterocycles. The number of pyridine rings is 1. The number of hydrogen-bond donors (Lipinski definition) is 2. The number of aromatic nitrogens is 1. The van der Waals surface area contributed by atoms with Gasteiger partial charge in [0.2, 0.25) is 0 Å². The number of nitrogens with zero attached hydrogens (tertiary/aromatic N) is 1. The summed E-state index contributed by atoms with van der Waals surface area (Å²) in [5, 5.41) is 9.71. The van der Waals surface area contributed by atoms with E-state index in [1.54, 1.807) is 18.3 Å². The van der Waals surface area contributed by atoms with Gasteiger partial charge >= 0.3 is 0 Å². The first-order valence-electron chi connectivity index (χ1n) is 6.57. The highest BCUT2D eigenvalue weighted by Crippen LogP contribution is 2.29. The Balaban J connectivity index is 2.23. The maximum absolute atomic E-state index is 12.1. The maximum Gasteiger partial charge on any atom is 0.155 e. The smallest absolute Gasteiger partial charge is 0.155 e. The molecule has 19 heavy (non-hydrogen) atoms. The van der Waals surface area contributed by atoms with Gasteiger partial charge in [-0.05, 0) is 25.0 Å². The van der Waals surface area contributed by atoms with Crippen LogP contribution >= 0.6 is 0 Å². The van der Waals surface area contributed by atoms with Gasteiger partial charge in [0.15, 0.2) is 9.84 Å². The minimum Gasteiger partial charge on any atom is -0.391 e. The zero-order valence-electron chi connectivity index (χ0n) is 10.8. The Morgan fingerprint density at radius 2 is 2.21 bits per heavy atom. The molecule has 1 saturated heterocycles. The van der Waals surface area contributed by atoms with E-state index in [4.69, 9.17) is 5.73 Å². The molecule has 1 aromatic rings. The van der Waals surface area contributed by atoms with Crippen LogP contribution in [0.5, 0.6) is 0 Å². The number of rotatable bonds is 4. The lowest BCUT2D eigenvalue weighted by molar-refractivity contribution is 0.132. The summed E-state index contributed by atoms with van der Waals surface area (Å²) in [5.74, 6) is -0.270. The van der Waals surface area contributed by atoms with E-state index in [1.807, 2.05) is 6.07 Å². The van der Waals surface area contributed by atoms with Crippen molar-refractivity contribution in [1.29, 1.82) is 0 Å². The first kappa shape index (κ1) is 14.4. The summed E-state index contributed by atoms with van der Waals surface area (Å²) in [6, 6.07) is 5.37. The van der Waals surface area contributed by atoms with Gasteiger partial charge in [-0.1, -0.05) is 12.5 Å². The van der Waals surface area contributed by atoms with Crippen LogP contribution in [0, 0.1) is 0 Å². The molecule has 0 saturated carbocycles. The lowest BCUT2D eigenvalue weighted by Crippen LogP contribution is -2.43. The van der Waals surface area contributed by atoms with Crippen molar-refractivity contribution in [2.75, 3.05) is 12.3 Å². The van der Waals surface area contributed by atoms with Crippen LogP contribution in [0.1, 0.15) is 30.9 Å². The van der Waals surface area contributed by atoms with Gasteiger partial charge in [-0.25, -0.2) is 8.42 Å². The molecule has 2 rings (SSSR count). The Morgan fingerprint density at radius 1 is 1.42 bits per heavy atom. The number of hydrogen-bond acceptors (Lipinski definition) is 5. The molecule has 6 heteroatoms. The minimum atomic E-state index is -3.22. The molecule has 5 nitrogen and oxygen atoms in total. The monoisotopic (exact) mass is 284 g/mol. The predicted molar refractivity (Wildman–Crippen MR) is 73.5 cm³/mol. The number of nitrogens with two attached hydrogens (primary N) is 1. The third kappa shape index (κ3) is 3.13. The standard InChI is InChI=1S/C13H20N2O3S/c14-9-10(11-5-1-3-7-15-11)13(16)12-6-2-4-8-19(12,17)18/h1,3,5,7,10,12-13,16H,2,4,6,8-9,14H2. The Bertz CT molecular complexity index is 504. The number of aliphatic hydroxyl groups excluding tert-OH is 1. The fourth-order valence-corrected chi connectivity index (χ4v) is 4.70. The quantitative estimate of drug-likeness (QED) is 0.837. The van der Waals surface area contributed by atoms with E-state index >= 15 is 0 Å². The fourth-order valence-electron chi connectivity index (χ4n) is 2.65. The van der Waals surface area contributed by atoms with Crippen molar-refractivity contribution in [3.05, 3.63) is 30.1 Å². The van der Waals surface area contributed by atoms with Gasteiger partial charge in [0, 0.05) is 24.4 Å². The minimum absolute atomic E-state index is 0.161. The van der Waals surface area contributed by atoms with Crippen molar-refractivity contribution in [3.63, 3.8) is 0 Å². The van der Waals surface area contributed by atoms with Gasteiger partial charge in [-0.3, -0.25) is 4.98 Å². The molecule has 0 bridgehead atoms. The highest BCUT2D eigenvalue weighted by atomic mass is 32.2. The third-order valence-corrected chi connectivity index (χ3v) is 6.04. The van der Waals surface area contributed by atoms with Gasteiger partial charge < -0.3 is 10.8 Å². The second kappa shape index (κ2) is 5.98. The van der Waals surface area contributed by atoms with E-state index in [2.05, 4.69) is 4.98 Å². The second-order valence-corrected chi connectivity index (χ2v) is 7.33. The van der Waals surface area contributed by atoms with Crippen LogP contribution in [0.2, 0.25) is 0 Å². The average Bonchev–Trinajstić information content (AvgIpc) is 2.40. The molecule has 0 aliphatic carbocycles. The first-order chi connectivity index (χ1) is 9.06. The molecule has 3 N–H and O–H groups in total. The molecule has 3 unspecified atom stereocenters. The lowest BCUT2D eigenvalue weighted by Gasteiger charge is -2.31. The first-order valence-corrected chi connectivity index (χ1v) is 8.28. The Hall–Kier alpha value is -0.980. The summed E-state index contributed by atoms with van der Waals surface area (Å²) in [7, 11) is -3.22. The molecule has 2 heterocycles. The van der Waals surface area contributed by atoms with Crippen molar-refractivity contribution in [2.24, 2.45) is 5.73 Å². The Kier molecular flexibility index (Phi) is 4.54. The van der Waals surface area contributed by atoms with Crippen LogP contribution in [0.25, 0.3) is 0 Å². The molecule has 0 spiro atoms. The van der Waals surface area contributed by atoms with Crippen molar-refractivity contribution in [2.45, 2.75) is 36.5 Å². The van der Waals surface area contributed by atoms with Gasteiger partial charge in [0.05, 0.1) is 17.1 Å².